The highest BCUT2D eigenvalue weighted by molar-refractivity contribution is 7.23. The van der Waals surface area contributed by atoms with Gasteiger partial charge in [-0.1, -0.05) is 49.4 Å². The van der Waals surface area contributed by atoms with E-state index >= 15 is 0 Å². The Balaban J connectivity index is 0.957. The summed E-state index contributed by atoms with van der Waals surface area (Å²) in [4.78, 5) is 25.0. The van der Waals surface area contributed by atoms with Gasteiger partial charge in [-0.25, -0.2) is 14.8 Å². The zero-order chi connectivity index (χ0) is 29.6. The van der Waals surface area contributed by atoms with Gasteiger partial charge in [-0.05, 0) is 12.1 Å². The van der Waals surface area contributed by atoms with Gasteiger partial charge in [0, 0.05) is 54.6 Å². The molecule has 0 radical (unpaired) electrons. The van der Waals surface area contributed by atoms with E-state index in [-0.39, 0.29) is 17.6 Å². The van der Waals surface area contributed by atoms with E-state index in [4.69, 9.17) is 23.7 Å². The molecule has 2 amide bonds. The first-order valence-electron chi connectivity index (χ1n) is 14.3. The lowest BCUT2D eigenvalue weighted by Gasteiger charge is -2.24. The standard InChI is InChI=1S/C30H33N7O5S/c1-30(2,3)25-13-26(35-42-25)34-28(38)32-19-6-4-18(5-7-19)20-15-37-21-14-31-27(12-24(21)43-29(37)33-20)41-9-8-36-16-22-23(17-36)40-11-10-39-22/h4-7,12-15,22-23H,8-11,16-17H2,1-3H3,(H2,32,34,35,38). The summed E-state index contributed by atoms with van der Waals surface area (Å²) in [5.74, 6) is 1.66. The maximum absolute atomic E-state index is 12.4. The second kappa shape index (κ2) is 11.2. The Labute approximate surface area is 251 Å². The molecule has 2 fully saturated rings. The molecule has 2 unspecified atom stereocenters. The molecule has 0 aliphatic carbocycles. The molecule has 13 heteroatoms. The van der Waals surface area contributed by atoms with Gasteiger partial charge in [0.2, 0.25) is 5.88 Å². The number of urea groups is 1. The third-order valence-electron chi connectivity index (χ3n) is 7.58. The van der Waals surface area contributed by atoms with Crippen LogP contribution >= 0.6 is 11.3 Å². The van der Waals surface area contributed by atoms with Crippen molar-refractivity contribution in [1.82, 2.24) is 24.4 Å². The zero-order valence-electron chi connectivity index (χ0n) is 24.2. The number of rotatable bonds is 7. The number of benzene rings is 1. The lowest BCUT2D eigenvalue weighted by molar-refractivity contribution is -0.116. The second-order valence-electron chi connectivity index (χ2n) is 11.8. The van der Waals surface area contributed by atoms with Crippen LogP contribution in [0.2, 0.25) is 0 Å². The van der Waals surface area contributed by atoms with Gasteiger partial charge in [0.05, 0.1) is 47.5 Å². The Morgan fingerprint density at radius 1 is 1.09 bits per heavy atom. The van der Waals surface area contributed by atoms with Crippen LogP contribution in [-0.4, -0.2) is 82.1 Å². The number of amides is 2. The zero-order valence-corrected chi connectivity index (χ0v) is 25.0. The Morgan fingerprint density at radius 3 is 2.58 bits per heavy atom. The highest BCUT2D eigenvalue weighted by Crippen LogP contribution is 2.31. The van der Waals surface area contributed by atoms with Crippen LogP contribution in [0.4, 0.5) is 16.3 Å². The topological polar surface area (TPSA) is 128 Å². The average molecular weight is 604 g/mol. The first-order valence-corrected chi connectivity index (χ1v) is 15.1. The molecule has 4 aromatic heterocycles. The molecule has 1 aromatic carbocycles. The SMILES string of the molecule is CC(C)(C)c1cc(NC(=O)Nc2ccc(-c3cn4c(n3)sc3cc(OCCN5CC6OCCOC6C5)ncc34)cc2)no1. The molecule has 0 spiro atoms. The van der Waals surface area contributed by atoms with Crippen molar-refractivity contribution in [3.05, 3.63) is 54.6 Å². The Bertz CT molecular complexity index is 1740. The molecule has 7 rings (SSSR count). The van der Waals surface area contributed by atoms with E-state index in [1.807, 2.05) is 67.9 Å². The third-order valence-corrected chi connectivity index (χ3v) is 8.60. The number of pyridine rings is 1. The smallest absolute Gasteiger partial charge is 0.324 e. The fourth-order valence-electron chi connectivity index (χ4n) is 5.29. The number of carbonyl (C=O) groups excluding carboxylic acids is 1. The van der Waals surface area contributed by atoms with E-state index in [0.717, 1.165) is 46.1 Å². The molecule has 224 valence electrons. The van der Waals surface area contributed by atoms with Crippen molar-refractivity contribution in [3.63, 3.8) is 0 Å². The summed E-state index contributed by atoms with van der Waals surface area (Å²) >= 11 is 1.59. The number of aromatic nitrogens is 4. The van der Waals surface area contributed by atoms with Crippen LogP contribution in [0.3, 0.4) is 0 Å². The average Bonchev–Trinajstić information content (AvgIpc) is 3.76. The van der Waals surface area contributed by atoms with E-state index in [9.17, 15) is 4.79 Å². The number of nitrogens with one attached hydrogen (secondary N) is 2. The summed E-state index contributed by atoms with van der Waals surface area (Å²) < 4.78 is 26.0. The van der Waals surface area contributed by atoms with Crippen molar-refractivity contribution in [2.75, 3.05) is 50.1 Å². The summed E-state index contributed by atoms with van der Waals surface area (Å²) in [5.41, 5.74) is 3.20. The van der Waals surface area contributed by atoms with E-state index < -0.39 is 6.03 Å². The summed E-state index contributed by atoms with van der Waals surface area (Å²) in [5, 5.41) is 9.45. The molecule has 6 heterocycles. The summed E-state index contributed by atoms with van der Waals surface area (Å²) in [6.07, 6.45) is 4.17. The number of nitrogens with zero attached hydrogens (tertiary/aromatic N) is 5. The predicted molar refractivity (Wildman–Crippen MR) is 163 cm³/mol. The molecule has 12 nitrogen and oxygen atoms in total. The normalized spacial score (nSPS) is 19.1. The summed E-state index contributed by atoms with van der Waals surface area (Å²) in [6.45, 7) is 10.5. The molecule has 2 aliphatic rings. The third kappa shape index (κ3) is 5.93. The van der Waals surface area contributed by atoms with E-state index in [0.29, 0.717) is 43.0 Å². The number of likely N-dealkylation sites (tertiary alicyclic amines) is 1. The Morgan fingerprint density at radius 2 is 1.86 bits per heavy atom. The quantitative estimate of drug-likeness (QED) is 0.264. The van der Waals surface area contributed by atoms with E-state index in [1.54, 1.807) is 17.4 Å². The number of imidazole rings is 1. The number of hydrogen-bond donors (Lipinski definition) is 2. The Kier molecular flexibility index (Phi) is 7.25. The van der Waals surface area contributed by atoms with Crippen LogP contribution < -0.4 is 15.4 Å². The van der Waals surface area contributed by atoms with Gasteiger partial charge < -0.3 is 24.1 Å². The van der Waals surface area contributed by atoms with Gasteiger partial charge in [0.15, 0.2) is 10.8 Å². The van der Waals surface area contributed by atoms with Crippen LogP contribution in [0.15, 0.2) is 53.3 Å². The summed E-state index contributed by atoms with van der Waals surface area (Å²) in [7, 11) is 0. The molecule has 2 aliphatic heterocycles. The number of fused-ring (bicyclic) bond motifs is 4. The van der Waals surface area contributed by atoms with Crippen molar-refractivity contribution in [2.45, 2.75) is 38.4 Å². The van der Waals surface area contributed by atoms with Crippen molar-refractivity contribution >= 4 is 44.1 Å². The van der Waals surface area contributed by atoms with Gasteiger partial charge in [-0.15, -0.1) is 0 Å². The molecule has 0 saturated carbocycles. The molecule has 0 bridgehead atoms. The molecule has 5 aromatic rings. The highest BCUT2D eigenvalue weighted by Gasteiger charge is 2.36. The minimum absolute atomic E-state index is 0.171. The van der Waals surface area contributed by atoms with Crippen LogP contribution in [0.1, 0.15) is 26.5 Å². The first-order chi connectivity index (χ1) is 20.8. The van der Waals surface area contributed by atoms with Crippen LogP contribution in [0.25, 0.3) is 26.4 Å². The molecule has 2 atom stereocenters. The molecule has 43 heavy (non-hydrogen) atoms. The molecular weight excluding hydrogens is 570 g/mol. The number of thiazole rings is 1. The molecule has 2 saturated heterocycles. The maximum atomic E-state index is 12.4. The number of hydrogen-bond acceptors (Lipinski definition) is 10. The monoisotopic (exact) mass is 603 g/mol. The van der Waals surface area contributed by atoms with Crippen molar-refractivity contribution in [2.24, 2.45) is 0 Å². The fourth-order valence-corrected chi connectivity index (χ4v) is 6.29. The van der Waals surface area contributed by atoms with Crippen LogP contribution in [0, 0.1) is 0 Å². The number of anilines is 2. The van der Waals surface area contributed by atoms with Gasteiger partial charge in [0.25, 0.3) is 0 Å². The van der Waals surface area contributed by atoms with Crippen molar-refractivity contribution in [3.8, 4) is 17.1 Å². The van der Waals surface area contributed by atoms with Crippen LogP contribution in [-0.2, 0) is 14.9 Å². The molecule has 2 N–H and O–H groups in total. The molecular formula is C30H33N7O5S. The highest BCUT2D eigenvalue weighted by atomic mass is 32.1. The lowest BCUT2D eigenvalue weighted by atomic mass is 9.93. The van der Waals surface area contributed by atoms with Gasteiger partial charge >= 0.3 is 6.03 Å². The summed E-state index contributed by atoms with van der Waals surface area (Å²) in [6, 6.07) is 10.8. The van der Waals surface area contributed by atoms with Crippen molar-refractivity contribution in [1.29, 1.82) is 0 Å². The van der Waals surface area contributed by atoms with Gasteiger partial charge in [0.1, 0.15) is 12.4 Å². The van der Waals surface area contributed by atoms with Gasteiger partial charge in [-0.3, -0.25) is 14.6 Å². The first kappa shape index (κ1) is 27.8. The van der Waals surface area contributed by atoms with Gasteiger partial charge in [-0.2, -0.15) is 0 Å². The van der Waals surface area contributed by atoms with E-state index in [2.05, 4.69) is 25.7 Å². The Hall–Kier alpha value is -4.04. The minimum Gasteiger partial charge on any atom is -0.476 e. The number of ether oxygens (including phenoxy) is 3. The predicted octanol–water partition coefficient (Wildman–Crippen LogP) is 5.02. The number of carbonyl (C=O) groups is 1. The van der Waals surface area contributed by atoms with Crippen LogP contribution in [0.5, 0.6) is 5.88 Å². The maximum Gasteiger partial charge on any atom is 0.324 e. The fraction of sp³-hybridized carbons (Fsp3) is 0.400. The van der Waals surface area contributed by atoms with E-state index in [1.165, 1.54) is 0 Å². The lowest BCUT2D eigenvalue weighted by Crippen LogP contribution is -2.36. The second-order valence-corrected chi connectivity index (χ2v) is 12.8. The minimum atomic E-state index is -0.399. The van der Waals surface area contributed by atoms with Crippen molar-refractivity contribution < 1.29 is 23.5 Å². The largest absolute Gasteiger partial charge is 0.476 e.